The number of hydrogen-bond donors (Lipinski definition) is 2. The minimum Gasteiger partial charge on any atom is -0.493 e. The molecule has 28 heavy (non-hydrogen) atoms. The zero-order valence-corrected chi connectivity index (χ0v) is 16.2. The van der Waals surface area contributed by atoms with Gasteiger partial charge in [0, 0.05) is 28.6 Å². The van der Waals surface area contributed by atoms with Gasteiger partial charge in [-0.25, -0.2) is 0 Å². The van der Waals surface area contributed by atoms with Crippen LogP contribution in [0.5, 0.6) is 5.75 Å². The van der Waals surface area contributed by atoms with Crippen LogP contribution in [0.15, 0.2) is 36.4 Å². The van der Waals surface area contributed by atoms with Crippen LogP contribution in [0.3, 0.4) is 0 Å². The highest BCUT2D eigenvalue weighted by Gasteiger charge is 2.15. The largest absolute Gasteiger partial charge is 0.493 e. The highest BCUT2D eigenvalue weighted by atomic mass is 35.5. The van der Waals surface area contributed by atoms with Gasteiger partial charge in [0.2, 0.25) is 5.91 Å². The van der Waals surface area contributed by atoms with Crippen molar-refractivity contribution in [1.82, 2.24) is 10.9 Å². The van der Waals surface area contributed by atoms with Gasteiger partial charge in [-0.2, -0.15) is 0 Å². The fraction of sp³-hybridized carbons (Fsp3) is 0.263. The summed E-state index contributed by atoms with van der Waals surface area (Å²) in [5.41, 5.74) is 5.79. The number of ether oxygens (including phenoxy) is 1. The third-order valence-corrected chi connectivity index (χ3v) is 4.16. The molecule has 0 radical (unpaired) electrons. The molecule has 0 fully saturated rings. The molecule has 0 aliphatic rings. The van der Waals surface area contributed by atoms with Crippen LogP contribution in [0.2, 0.25) is 5.02 Å². The molecule has 0 unspecified atom stereocenters. The van der Waals surface area contributed by atoms with Gasteiger partial charge in [0.25, 0.3) is 11.6 Å². The Labute approximate surface area is 167 Å². The lowest BCUT2D eigenvalue weighted by Gasteiger charge is -2.10. The standard InChI is InChI=1S/C19H20ClN3O5/c1-12-5-6-14(11-16(12)23(26)27)19(25)22-21-18(24)4-3-9-28-17-8-7-15(20)10-13(17)2/h5-8,10-11H,3-4,9H2,1-2H3,(H,21,24)(H,22,25). The van der Waals surface area contributed by atoms with Crippen molar-refractivity contribution in [3.05, 3.63) is 68.2 Å². The fourth-order valence-corrected chi connectivity index (χ4v) is 2.62. The van der Waals surface area contributed by atoms with E-state index in [9.17, 15) is 19.7 Å². The second-order valence-electron chi connectivity index (χ2n) is 6.12. The van der Waals surface area contributed by atoms with Crippen molar-refractivity contribution >= 4 is 29.1 Å². The molecule has 0 saturated carbocycles. The van der Waals surface area contributed by atoms with E-state index in [1.807, 2.05) is 6.92 Å². The van der Waals surface area contributed by atoms with Crippen LogP contribution in [0.4, 0.5) is 5.69 Å². The maximum Gasteiger partial charge on any atom is 0.273 e. The SMILES string of the molecule is Cc1cc(Cl)ccc1OCCCC(=O)NNC(=O)c1ccc(C)c([N+](=O)[O-])c1. The lowest BCUT2D eigenvalue weighted by molar-refractivity contribution is -0.385. The smallest absolute Gasteiger partial charge is 0.273 e. The van der Waals surface area contributed by atoms with E-state index in [0.29, 0.717) is 29.4 Å². The van der Waals surface area contributed by atoms with Crippen molar-refractivity contribution in [1.29, 1.82) is 0 Å². The molecular formula is C19H20ClN3O5. The van der Waals surface area contributed by atoms with E-state index in [4.69, 9.17) is 16.3 Å². The molecule has 2 amide bonds. The molecule has 0 aliphatic carbocycles. The maximum atomic E-state index is 12.0. The Morgan fingerprint density at radius 1 is 1.11 bits per heavy atom. The van der Waals surface area contributed by atoms with Gasteiger partial charge in [-0.15, -0.1) is 0 Å². The van der Waals surface area contributed by atoms with Crippen LogP contribution in [0.25, 0.3) is 0 Å². The summed E-state index contributed by atoms with van der Waals surface area (Å²) in [6.07, 6.45) is 0.584. The summed E-state index contributed by atoms with van der Waals surface area (Å²) < 4.78 is 5.59. The Morgan fingerprint density at radius 3 is 2.54 bits per heavy atom. The van der Waals surface area contributed by atoms with E-state index in [1.165, 1.54) is 18.2 Å². The maximum absolute atomic E-state index is 12.0. The highest BCUT2D eigenvalue weighted by Crippen LogP contribution is 2.22. The molecule has 0 aliphatic heterocycles. The van der Waals surface area contributed by atoms with Gasteiger partial charge < -0.3 is 4.74 Å². The topological polar surface area (TPSA) is 111 Å². The summed E-state index contributed by atoms with van der Waals surface area (Å²) in [6.45, 7) is 3.78. The monoisotopic (exact) mass is 405 g/mol. The molecule has 2 aromatic rings. The third-order valence-electron chi connectivity index (χ3n) is 3.93. The molecule has 0 bridgehead atoms. The van der Waals surface area contributed by atoms with Crippen molar-refractivity contribution in [2.45, 2.75) is 26.7 Å². The van der Waals surface area contributed by atoms with Crippen molar-refractivity contribution < 1.29 is 19.2 Å². The Balaban J connectivity index is 1.75. The Bertz CT molecular complexity index is 901. The van der Waals surface area contributed by atoms with Crippen molar-refractivity contribution in [2.24, 2.45) is 0 Å². The second-order valence-corrected chi connectivity index (χ2v) is 6.56. The number of carbonyl (C=O) groups excluding carboxylic acids is 2. The molecule has 0 atom stereocenters. The summed E-state index contributed by atoms with van der Waals surface area (Å²) in [6, 6.07) is 9.37. The van der Waals surface area contributed by atoms with Gasteiger partial charge in [0.1, 0.15) is 5.75 Å². The number of amides is 2. The highest BCUT2D eigenvalue weighted by molar-refractivity contribution is 6.30. The number of rotatable bonds is 7. The minimum absolute atomic E-state index is 0.0825. The molecule has 9 heteroatoms. The summed E-state index contributed by atoms with van der Waals surface area (Å²) in [5, 5.41) is 11.6. The molecule has 0 aromatic heterocycles. The molecule has 0 spiro atoms. The third kappa shape index (κ3) is 5.95. The van der Waals surface area contributed by atoms with Gasteiger partial charge in [-0.3, -0.25) is 30.6 Å². The first-order valence-corrected chi connectivity index (χ1v) is 8.89. The number of hydrazine groups is 1. The van der Waals surface area contributed by atoms with Gasteiger partial charge in [-0.05, 0) is 50.1 Å². The number of carbonyl (C=O) groups is 2. The number of halogens is 1. The number of nitrogens with one attached hydrogen (secondary N) is 2. The minimum atomic E-state index is -0.635. The van der Waals surface area contributed by atoms with Crippen LogP contribution < -0.4 is 15.6 Å². The first-order chi connectivity index (χ1) is 13.3. The van der Waals surface area contributed by atoms with Gasteiger partial charge >= 0.3 is 0 Å². The molecule has 0 saturated heterocycles. The normalized spacial score (nSPS) is 10.2. The lowest BCUT2D eigenvalue weighted by Crippen LogP contribution is -2.41. The first kappa shape index (κ1) is 21.2. The van der Waals surface area contributed by atoms with E-state index in [2.05, 4.69) is 10.9 Å². The number of nitrogens with zero attached hydrogens (tertiary/aromatic N) is 1. The van der Waals surface area contributed by atoms with Crippen molar-refractivity contribution in [2.75, 3.05) is 6.61 Å². The molecule has 2 aromatic carbocycles. The molecule has 0 heterocycles. The molecule has 2 rings (SSSR count). The number of hydrogen-bond acceptors (Lipinski definition) is 5. The van der Waals surface area contributed by atoms with Crippen molar-refractivity contribution in [3.8, 4) is 5.75 Å². The van der Waals surface area contributed by atoms with E-state index in [1.54, 1.807) is 25.1 Å². The van der Waals surface area contributed by atoms with Crippen LogP contribution in [0, 0.1) is 24.0 Å². The Morgan fingerprint density at radius 2 is 1.86 bits per heavy atom. The van der Waals surface area contributed by atoms with Gasteiger partial charge in [0.05, 0.1) is 11.5 Å². The average molecular weight is 406 g/mol. The predicted octanol–water partition coefficient (Wildman–Crippen LogP) is 3.49. The van der Waals surface area contributed by atoms with E-state index in [0.717, 1.165) is 5.56 Å². The number of nitro benzene ring substituents is 1. The molecule has 148 valence electrons. The van der Waals surface area contributed by atoms with Crippen molar-refractivity contribution in [3.63, 3.8) is 0 Å². The molecule has 8 nitrogen and oxygen atoms in total. The Kier molecular flexibility index (Phi) is 7.34. The molecular weight excluding hydrogens is 386 g/mol. The quantitative estimate of drug-likeness (QED) is 0.416. The van der Waals surface area contributed by atoms with Gasteiger partial charge in [0.15, 0.2) is 0 Å². The van der Waals surface area contributed by atoms with Crippen LogP contribution in [0.1, 0.15) is 34.3 Å². The van der Waals surface area contributed by atoms with Crippen LogP contribution in [-0.2, 0) is 4.79 Å². The Hall–Kier alpha value is -3.13. The summed E-state index contributed by atoms with van der Waals surface area (Å²) >= 11 is 5.88. The summed E-state index contributed by atoms with van der Waals surface area (Å²) in [4.78, 5) is 34.2. The lowest BCUT2D eigenvalue weighted by atomic mass is 10.1. The summed E-state index contributed by atoms with van der Waals surface area (Å²) in [5.74, 6) is -0.338. The van der Waals surface area contributed by atoms with E-state index in [-0.39, 0.29) is 17.7 Å². The molecule has 2 N–H and O–H groups in total. The van der Waals surface area contributed by atoms with Gasteiger partial charge in [-0.1, -0.05) is 17.7 Å². The first-order valence-electron chi connectivity index (χ1n) is 8.51. The zero-order chi connectivity index (χ0) is 20.7. The van der Waals surface area contributed by atoms with E-state index < -0.39 is 16.7 Å². The predicted molar refractivity (Wildman–Crippen MR) is 104 cm³/mol. The average Bonchev–Trinajstić information content (AvgIpc) is 2.64. The summed E-state index contributed by atoms with van der Waals surface area (Å²) in [7, 11) is 0. The van der Waals surface area contributed by atoms with Crippen LogP contribution in [-0.4, -0.2) is 23.3 Å². The zero-order valence-electron chi connectivity index (χ0n) is 15.5. The number of aryl methyl sites for hydroxylation is 2. The fourth-order valence-electron chi connectivity index (χ4n) is 2.40. The van der Waals surface area contributed by atoms with E-state index >= 15 is 0 Å². The number of benzene rings is 2. The van der Waals surface area contributed by atoms with Crippen LogP contribution >= 0.6 is 11.6 Å². The number of nitro groups is 1. The second kappa shape index (κ2) is 9.70.